The van der Waals surface area contributed by atoms with Crippen LogP contribution < -0.4 is 10.3 Å². The van der Waals surface area contributed by atoms with Crippen LogP contribution in [-0.2, 0) is 0 Å². The third-order valence-corrected chi connectivity index (χ3v) is 5.99. The van der Waals surface area contributed by atoms with Gasteiger partial charge in [0.15, 0.2) is 5.75 Å². The molecule has 0 atom stereocenters. The van der Waals surface area contributed by atoms with Crippen molar-refractivity contribution in [1.82, 2.24) is 30.4 Å². The Morgan fingerprint density at radius 1 is 0.974 bits per heavy atom. The number of hydrogen-bond acceptors (Lipinski definition) is 8. The molecule has 0 spiro atoms. The van der Waals surface area contributed by atoms with Crippen molar-refractivity contribution in [2.24, 2.45) is 10.2 Å². The molecular weight excluding hydrogens is 484 g/mol. The Morgan fingerprint density at radius 3 is 2.50 bits per heavy atom. The number of phenolic OH excluding ortho intramolecular Hbond substituents is 1. The molecule has 5 aromatic rings. The third kappa shape index (κ3) is 4.81. The molecule has 0 radical (unpaired) electrons. The summed E-state index contributed by atoms with van der Waals surface area (Å²) in [6.45, 7) is 7.69. The summed E-state index contributed by atoms with van der Waals surface area (Å²) in [6.07, 6.45) is -0.210. The van der Waals surface area contributed by atoms with Crippen LogP contribution in [0.2, 0.25) is 0 Å². The molecule has 5 rings (SSSR count). The predicted octanol–water partition coefficient (Wildman–Crippen LogP) is 5.54. The van der Waals surface area contributed by atoms with Gasteiger partial charge in [-0.15, -0.1) is 20.4 Å². The average Bonchev–Trinajstić information content (AvgIpc) is 3.54. The molecule has 0 aliphatic carbocycles. The van der Waals surface area contributed by atoms with Gasteiger partial charge in [-0.1, -0.05) is 36.4 Å². The van der Waals surface area contributed by atoms with E-state index in [4.69, 9.17) is 4.74 Å². The predicted molar refractivity (Wildman–Crippen MR) is 143 cm³/mol. The molecule has 0 aliphatic rings. The van der Waals surface area contributed by atoms with Crippen LogP contribution in [0, 0.1) is 13.8 Å². The molecule has 11 nitrogen and oxygen atoms in total. The van der Waals surface area contributed by atoms with Crippen LogP contribution in [0.5, 0.6) is 11.6 Å². The van der Waals surface area contributed by atoms with Gasteiger partial charge in [0.2, 0.25) is 17.4 Å². The Labute approximate surface area is 217 Å². The Morgan fingerprint density at radius 2 is 1.76 bits per heavy atom. The molecule has 0 saturated carbocycles. The van der Waals surface area contributed by atoms with Gasteiger partial charge in [-0.3, -0.25) is 9.89 Å². The molecule has 2 aromatic heterocycles. The van der Waals surface area contributed by atoms with Gasteiger partial charge in [-0.05, 0) is 73.9 Å². The van der Waals surface area contributed by atoms with E-state index in [1.807, 2.05) is 70.2 Å². The Hall–Kier alpha value is -5.06. The second-order valence-electron chi connectivity index (χ2n) is 9.05. The van der Waals surface area contributed by atoms with E-state index in [1.54, 1.807) is 18.2 Å². The minimum Gasteiger partial charge on any atom is -0.505 e. The zero-order valence-corrected chi connectivity index (χ0v) is 21.3. The van der Waals surface area contributed by atoms with Gasteiger partial charge in [0.05, 0.1) is 11.8 Å². The smallest absolute Gasteiger partial charge is 0.303 e. The van der Waals surface area contributed by atoms with Gasteiger partial charge < -0.3 is 9.84 Å². The number of tetrazole rings is 1. The molecule has 0 unspecified atom stereocenters. The van der Waals surface area contributed by atoms with E-state index in [9.17, 15) is 9.90 Å². The summed E-state index contributed by atoms with van der Waals surface area (Å²) in [4.78, 5) is 13.3. The van der Waals surface area contributed by atoms with Crippen molar-refractivity contribution in [1.29, 1.82) is 0 Å². The first-order valence-electron chi connectivity index (χ1n) is 12.0. The second-order valence-corrected chi connectivity index (χ2v) is 9.05. The molecule has 3 aromatic carbocycles. The maximum Gasteiger partial charge on any atom is 0.303 e. The van der Waals surface area contributed by atoms with Crippen molar-refractivity contribution < 1.29 is 9.84 Å². The van der Waals surface area contributed by atoms with E-state index in [1.165, 1.54) is 4.68 Å². The topological polar surface area (TPSA) is 146 Å². The Balaban J connectivity index is 1.53. The van der Waals surface area contributed by atoms with Crippen LogP contribution in [0.15, 0.2) is 75.7 Å². The third-order valence-electron chi connectivity index (χ3n) is 5.99. The average molecular weight is 511 g/mol. The first-order valence-corrected chi connectivity index (χ1v) is 12.0. The summed E-state index contributed by atoms with van der Waals surface area (Å²) in [7, 11) is 0. The number of aromatic hydroxyl groups is 1. The van der Waals surface area contributed by atoms with Crippen molar-refractivity contribution in [2.45, 2.75) is 33.8 Å². The molecule has 3 N–H and O–H groups in total. The normalized spacial score (nSPS) is 11.5. The molecule has 0 saturated heterocycles. The highest BCUT2D eigenvalue weighted by molar-refractivity contribution is 5.78. The maximum absolute atomic E-state index is 13.3. The standard InChI is InChI=1S/C27H26N8O3/c1-15(2)38-26-23(27(37)35(32-26)20-12-11-16(3)17(4)13-20)29-28-22-10-6-9-21(24(22)36)18-7-5-8-19(14-18)25-30-33-34-31-25/h5-15,32,36H,1-4H3,(H,30,31,33,34). The first kappa shape index (κ1) is 24.6. The van der Waals surface area contributed by atoms with Crippen LogP contribution >= 0.6 is 0 Å². The lowest BCUT2D eigenvalue weighted by molar-refractivity contribution is 0.232. The summed E-state index contributed by atoms with van der Waals surface area (Å²) >= 11 is 0. The number of azo groups is 1. The van der Waals surface area contributed by atoms with Gasteiger partial charge in [0.25, 0.3) is 0 Å². The molecule has 0 fully saturated rings. The van der Waals surface area contributed by atoms with E-state index >= 15 is 0 Å². The number of hydrogen-bond donors (Lipinski definition) is 3. The lowest BCUT2D eigenvalue weighted by Crippen LogP contribution is -2.14. The number of para-hydroxylation sites is 1. The summed E-state index contributed by atoms with van der Waals surface area (Å²) in [5.74, 6) is 0.542. The first-order chi connectivity index (χ1) is 18.3. The molecule has 192 valence electrons. The van der Waals surface area contributed by atoms with Crippen molar-refractivity contribution in [3.05, 3.63) is 82.1 Å². The van der Waals surface area contributed by atoms with Gasteiger partial charge in [-0.2, -0.15) is 5.21 Å². The number of aryl methyl sites for hydroxylation is 2. The lowest BCUT2D eigenvalue weighted by atomic mass is 10.0. The lowest BCUT2D eigenvalue weighted by Gasteiger charge is -2.08. The van der Waals surface area contributed by atoms with Crippen molar-refractivity contribution >= 4 is 11.4 Å². The van der Waals surface area contributed by atoms with Crippen LogP contribution in [-0.4, -0.2) is 41.6 Å². The van der Waals surface area contributed by atoms with E-state index in [-0.39, 0.29) is 29.1 Å². The summed E-state index contributed by atoms with van der Waals surface area (Å²) in [5.41, 5.74) is 4.58. The van der Waals surface area contributed by atoms with Crippen molar-refractivity contribution in [3.8, 4) is 39.8 Å². The Kier molecular flexibility index (Phi) is 6.56. The van der Waals surface area contributed by atoms with Crippen molar-refractivity contribution in [2.75, 3.05) is 0 Å². The number of benzene rings is 3. The largest absolute Gasteiger partial charge is 0.505 e. The number of H-pyrrole nitrogens is 2. The van der Waals surface area contributed by atoms with Crippen molar-refractivity contribution in [3.63, 3.8) is 0 Å². The molecule has 2 heterocycles. The number of nitrogens with one attached hydrogen (secondary N) is 2. The summed E-state index contributed by atoms with van der Waals surface area (Å²) < 4.78 is 7.20. The summed E-state index contributed by atoms with van der Waals surface area (Å²) in [6, 6.07) is 18.2. The zero-order valence-electron chi connectivity index (χ0n) is 21.3. The minimum atomic E-state index is -0.420. The molecular formula is C27H26N8O3. The van der Waals surface area contributed by atoms with Gasteiger partial charge in [-0.25, -0.2) is 4.68 Å². The number of nitrogens with zero attached hydrogens (tertiary/aromatic N) is 6. The Bertz CT molecular complexity index is 1680. The highest BCUT2D eigenvalue weighted by atomic mass is 16.5. The number of phenols is 1. The number of ether oxygens (including phenoxy) is 1. The van der Waals surface area contributed by atoms with Crippen LogP contribution in [0.1, 0.15) is 25.0 Å². The van der Waals surface area contributed by atoms with Gasteiger partial charge in [0.1, 0.15) is 5.69 Å². The fraction of sp³-hybridized carbons (Fsp3) is 0.185. The molecule has 0 aliphatic heterocycles. The molecule has 38 heavy (non-hydrogen) atoms. The van der Waals surface area contributed by atoms with Crippen LogP contribution in [0.3, 0.4) is 0 Å². The molecule has 11 heteroatoms. The fourth-order valence-electron chi connectivity index (χ4n) is 3.92. The monoisotopic (exact) mass is 510 g/mol. The maximum atomic E-state index is 13.3. The number of rotatable bonds is 7. The molecule has 0 amide bonds. The highest BCUT2D eigenvalue weighted by Gasteiger charge is 2.19. The highest BCUT2D eigenvalue weighted by Crippen LogP contribution is 2.39. The SMILES string of the molecule is Cc1ccc(-n2[nH]c(OC(C)C)c(N=Nc3cccc(-c4cccc(-c5nn[nH]n5)c4)c3O)c2=O)cc1C. The van der Waals surface area contributed by atoms with E-state index in [0.29, 0.717) is 17.1 Å². The quantitative estimate of drug-likeness (QED) is 0.245. The van der Waals surface area contributed by atoms with E-state index in [2.05, 4.69) is 36.0 Å². The minimum absolute atomic E-state index is 0.000773. The van der Waals surface area contributed by atoms with Gasteiger partial charge in [0, 0.05) is 11.1 Å². The molecule has 0 bridgehead atoms. The van der Waals surface area contributed by atoms with Gasteiger partial charge >= 0.3 is 5.56 Å². The van der Waals surface area contributed by atoms with E-state index < -0.39 is 5.56 Å². The van der Waals surface area contributed by atoms with Crippen LogP contribution in [0.25, 0.3) is 28.2 Å². The fourth-order valence-corrected chi connectivity index (χ4v) is 3.92. The summed E-state index contributed by atoms with van der Waals surface area (Å²) in [5, 5.41) is 36.5. The van der Waals surface area contributed by atoms with Crippen LogP contribution in [0.4, 0.5) is 11.4 Å². The second kappa shape index (κ2) is 10.1. The zero-order chi connectivity index (χ0) is 26.8. The number of aromatic amines is 2. The number of aromatic nitrogens is 6. The van der Waals surface area contributed by atoms with E-state index in [0.717, 1.165) is 22.3 Å².